The lowest BCUT2D eigenvalue weighted by atomic mass is 10.1. The van der Waals surface area contributed by atoms with Crippen molar-refractivity contribution in [2.45, 2.75) is 57.5 Å². The number of fused-ring (bicyclic) bond motifs is 2. The lowest BCUT2D eigenvalue weighted by molar-refractivity contribution is -0.146. The molecule has 24 heavy (non-hydrogen) atoms. The maximum Gasteiger partial charge on any atom is 0.410 e. The standard InChI is InChI=1S/C18H24N2O4/c1-18(2,3)24-17(23)20-11-13-9-14(20)15(16(21)22)19(13)10-12-7-5-4-6-8-12/h4-8,13-15H,9-11H2,1-3H3,(H,21,22)/t13-,14-,15?/m0/s1. The van der Waals surface area contributed by atoms with E-state index in [1.807, 2.05) is 56.0 Å². The van der Waals surface area contributed by atoms with Gasteiger partial charge in [0.25, 0.3) is 0 Å². The number of hydrogen-bond acceptors (Lipinski definition) is 4. The highest BCUT2D eigenvalue weighted by Crippen LogP contribution is 2.38. The molecular weight excluding hydrogens is 308 g/mol. The molecule has 2 aliphatic rings. The van der Waals surface area contributed by atoms with E-state index in [4.69, 9.17) is 4.74 Å². The summed E-state index contributed by atoms with van der Waals surface area (Å²) in [4.78, 5) is 27.8. The third kappa shape index (κ3) is 3.24. The first-order valence-corrected chi connectivity index (χ1v) is 8.28. The van der Waals surface area contributed by atoms with Crippen molar-refractivity contribution < 1.29 is 19.4 Å². The summed E-state index contributed by atoms with van der Waals surface area (Å²) in [6.07, 6.45) is 0.267. The number of aliphatic carboxylic acids is 1. The van der Waals surface area contributed by atoms with Gasteiger partial charge in [-0.2, -0.15) is 0 Å². The number of carboxylic acids is 1. The van der Waals surface area contributed by atoms with Gasteiger partial charge in [0.1, 0.15) is 11.6 Å². The third-order valence-corrected chi connectivity index (χ3v) is 4.60. The molecule has 6 nitrogen and oxygen atoms in total. The molecule has 130 valence electrons. The Balaban J connectivity index is 1.76. The Bertz CT molecular complexity index is 626. The van der Waals surface area contributed by atoms with Gasteiger partial charge in [0, 0.05) is 19.1 Å². The number of ether oxygens (including phenoxy) is 1. The summed E-state index contributed by atoms with van der Waals surface area (Å²) in [6, 6.07) is 8.89. The van der Waals surface area contributed by atoms with Crippen LogP contribution in [0.25, 0.3) is 0 Å². The Morgan fingerprint density at radius 3 is 2.50 bits per heavy atom. The van der Waals surface area contributed by atoms with Crippen molar-refractivity contribution in [3.8, 4) is 0 Å². The van der Waals surface area contributed by atoms with Crippen molar-refractivity contribution in [1.29, 1.82) is 0 Å². The second-order valence-electron chi connectivity index (χ2n) is 7.53. The highest BCUT2D eigenvalue weighted by molar-refractivity contribution is 5.78. The monoisotopic (exact) mass is 332 g/mol. The minimum atomic E-state index is -0.883. The van der Waals surface area contributed by atoms with E-state index in [2.05, 4.69) is 0 Å². The van der Waals surface area contributed by atoms with E-state index in [1.54, 1.807) is 4.90 Å². The average molecular weight is 332 g/mol. The van der Waals surface area contributed by atoms with Crippen molar-refractivity contribution in [2.24, 2.45) is 0 Å². The number of likely N-dealkylation sites (tertiary alicyclic amines) is 2. The minimum absolute atomic E-state index is 0.0591. The van der Waals surface area contributed by atoms with Crippen LogP contribution in [0.5, 0.6) is 0 Å². The number of piperazine rings is 1. The van der Waals surface area contributed by atoms with Gasteiger partial charge in [-0.15, -0.1) is 0 Å². The summed E-state index contributed by atoms with van der Waals surface area (Å²) in [5, 5.41) is 9.70. The largest absolute Gasteiger partial charge is 0.480 e. The number of benzene rings is 1. The minimum Gasteiger partial charge on any atom is -0.480 e. The van der Waals surface area contributed by atoms with E-state index < -0.39 is 23.7 Å². The zero-order valence-electron chi connectivity index (χ0n) is 14.3. The molecule has 2 heterocycles. The van der Waals surface area contributed by atoms with Crippen LogP contribution in [-0.2, 0) is 16.1 Å². The molecule has 2 aliphatic heterocycles. The first-order valence-electron chi connectivity index (χ1n) is 8.28. The van der Waals surface area contributed by atoms with Gasteiger partial charge in [-0.1, -0.05) is 30.3 Å². The summed E-state index contributed by atoms with van der Waals surface area (Å²) in [6.45, 7) is 6.55. The average Bonchev–Trinajstić information content (AvgIpc) is 3.04. The molecule has 1 aromatic rings. The molecule has 0 spiro atoms. The Morgan fingerprint density at radius 2 is 1.92 bits per heavy atom. The van der Waals surface area contributed by atoms with Gasteiger partial charge >= 0.3 is 12.1 Å². The van der Waals surface area contributed by atoms with E-state index >= 15 is 0 Å². The molecule has 1 unspecified atom stereocenters. The summed E-state index contributed by atoms with van der Waals surface area (Å²) in [5.41, 5.74) is 0.501. The fourth-order valence-corrected chi connectivity index (χ4v) is 3.69. The summed E-state index contributed by atoms with van der Waals surface area (Å²) < 4.78 is 5.43. The maximum atomic E-state index is 12.4. The Kier molecular flexibility index (Phi) is 4.25. The zero-order valence-corrected chi connectivity index (χ0v) is 14.3. The number of rotatable bonds is 3. The molecular formula is C18H24N2O4. The molecule has 0 aromatic heterocycles. The molecule has 0 aliphatic carbocycles. The first kappa shape index (κ1) is 16.8. The number of amides is 1. The first-order chi connectivity index (χ1) is 11.3. The van der Waals surface area contributed by atoms with E-state index in [1.165, 1.54) is 0 Å². The molecule has 6 heteroatoms. The topological polar surface area (TPSA) is 70.1 Å². The molecule has 3 rings (SSSR count). The highest BCUT2D eigenvalue weighted by Gasteiger charge is 2.55. The fourth-order valence-electron chi connectivity index (χ4n) is 3.69. The predicted octanol–water partition coefficient (Wildman–Crippen LogP) is 2.33. The number of carbonyl (C=O) groups excluding carboxylic acids is 1. The van der Waals surface area contributed by atoms with E-state index in [-0.39, 0.29) is 12.1 Å². The van der Waals surface area contributed by atoms with Gasteiger partial charge in [0.2, 0.25) is 0 Å². The second kappa shape index (κ2) is 6.09. The van der Waals surface area contributed by atoms with Crippen molar-refractivity contribution in [3.63, 3.8) is 0 Å². The van der Waals surface area contributed by atoms with Crippen LogP contribution >= 0.6 is 0 Å². The van der Waals surface area contributed by atoms with Crippen LogP contribution in [0, 0.1) is 0 Å². The predicted molar refractivity (Wildman–Crippen MR) is 88.5 cm³/mol. The molecule has 0 saturated carbocycles. The van der Waals surface area contributed by atoms with Gasteiger partial charge in [-0.05, 0) is 32.8 Å². The molecule has 2 saturated heterocycles. The summed E-state index contributed by atoms with van der Waals surface area (Å²) in [5.74, 6) is -0.883. The smallest absolute Gasteiger partial charge is 0.410 e. The number of hydrogen-bond donors (Lipinski definition) is 1. The van der Waals surface area contributed by atoms with E-state index in [9.17, 15) is 14.7 Å². The van der Waals surface area contributed by atoms with Gasteiger partial charge in [-0.25, -0.2) is 4.79 Å². The van der Waals surface area contributed by atoms with Crippen LogP contribution in [0.1, 0.15) is 32.8 Å². The van der Waals surface area contributed by atoms with Crippen LogP contribution in [0.15, 0.2) is 30.3 Å². The van der Waals surface area contributed by atoms with Gasteiger partial charge in [0.15, 0.2) is 0 Å². The molecule has 1 N–H and O–H groups in total. The van der Waals surface area contributed by atoms with Crippen molar-refractivity contribution in [2.75, 3.05) is 6.54 Å². The Morgan fingerprint density at radius 1 is 1.25 bits per heavy atom. The number of carboxylic acid groups (broad SMARTS) is 1. The van der Waals surface area contributed by atoms with Crippen molar-refractivity contribution in [1.82, 2.24) is 9.80 Å². The summed E-state index contributed by atoms with van der Waals surface area (Å²) in [7, 11) is 0. The van der Waals surface area contributed by atoms with Crippen LogP contribution in [0.3, 0.4) is 0 Å². The fraction of sp³-hybridized carbons (Fsp3) is 0.556. The van der Waals surface area contributed by atoms with E-state index in [0.717, 1.165) is 5.56 Å². The normalized spacial score (nSPS) is 26.6. The van der Waals surface area contributed by atoms with Crippen LogP contribution < -0.4 is 0 Å². The lowest BCUT2D eigenvalue weighted by Crippen LogP contribution is -2.58. The molecule has 0 radical (unpaired) electrons. The van der Waals surface area contributed by atoms with Crippen molar-refractivity contribution >= 4 is 12.1 Å². The van der Waals surface area contributed by atoms with Crippen LogP contribution in [-0.4, -0.2) is 57.2 Å². The Hall–Kier alpha value is -2.08. The summed E-state index contributed by atoms with van der Waals surface area (Å²) >= 11 is 0. The molecule has 3 atom stereocenters. The third-order valence-electron chi connectivity index (χ3n) is 4.60. The molecule has 1 aromatic carbocycles. The zero-order chi connectivity index (χ0) is 17.5. The number of carbonyl (C=O) groups is 2. The maximum absolute atomic E-state index is 12.4. The number of nitrogens with zero attached hydrogens (tertiary/aromatic N) is 2. The van der Waals surface area contributed by atoms with Crippen molar-refractivity contribution in [3.05, 3.63) is 35.9 Å². The lowest BCUT2D eigenvalue weighted by Gasteiger charge is -2.39. The van der Waals surface area contributed by atoms with E-state index in [0.29, 0.717) is 19.5 Å². The molecule has 1 amide bonds. The quantitative estimate of drug-likeness (QED) is 0.920. The Labute approximate surface area is 142 Å². The SMILES string of the molecule is CC(C)(C)OC(=O)N1C[C@@H]2C[C@H]1C(C(=O)O)N2Cc1ccccc1. The molecule has 2 fully saturated rings. The highest BCUT2D eigenvalue weighted by atomic mass is 16.6. The van der Waals surface area contributed by atoms with Crippen LogP contribution in [0.2, 0.25) is 0 Å². The van der Waals surface area contributed by atoms with Crippen LogP contribution in [0.4, 0.5) is 4.79 Å². The van der Waals surface area contributed by atoms with Gasteiger partial charge < -0.3 is 14.7 Å². The van der Waals surface area contributed by atoms with Gasteiger partial charge in [-0.3, -0.25) is 9.69 Å². The second-order valence-corrected chi connectivity index (χ2v) is 7.53. The van der Waals surface area contributed by atoms with Gasteiger partial charge in [0.05, 0.1) is 6.04 Å². The molecule has 2 bridgehead atoms.